The van der Waals surface area contributed by atoms with Crippen molar-refractivity contribution in [2.45, 2.75) is 25.5 Å². The maximum Gasteiger partial charge on any atom is 0.322 e. The van der Waals surface area contributed by atoms with Gasteiger partial charge in [0.25, 0.3) is 0 Å². The molecule has 2 N–H and O–H groups in total. The van der Waals surface area contributed by atoms with Gasteiger partial charge in [-0.25, -0.2) is 0 Å². The number of hydrogen-bond donors (Lipinski definition) is 1. The summed E-state index contributed by atoms with van der Waals surface area (Å²) in [7, 11) is 1.31. The molecule has 0 aliphatic carbocycles. The van der Waals surface area contributed by atoms with E-state index in [-0.39, 0.29) is 12.1 Å². The van der Waals surface area contributed by atoms with E-state index < -0.39 is 12.0 Å². The van der Waals surface area contributed by atoms with Crippen LogP contribution in [0.5, 0.6) is 17.2 Å². The van der Waals surface area contributed by atoms with Crippen LogP contribution in [0, 0.1) is 0 Å². The van der Waals surface area contributed by atoms with E-state index in [1.165, 1.54) is 14.0 Å². The van der Waals surface area contributed by atoms with E-state index in [1.807, 2.05) is 24.3 Å². The summed E-state index contributed by atoms with van der Waals surface area (Å²) in [5.41, 5.74) is 7.57. The van der Waals surface area contributed by atoms with Crippen LogP contribution in [0.15, 0.2) is 42.5 Å². The highest BCUT2D eigenvalue weighted by Crippen LogP contribution is 2.37. The largest absolute Gasteiger partial charge is 0.485 e. The molecule has 0 saturated heterocycles. The van der Waals surface area contributed by atoms with Crippen LogP contribution in [0.25, 0.3) is 0 Å². The van der Waals surface area contributed by atoms with Gasteiger partial charge in [0.1, 0.15) is 18.4 Å². The molecular weight excluding hydrogens is 350 g/mol. The van der Waals surface area contributed by atoms with Crippen LogP contribution >= 0.6 is 0 Å². The fraction of sp³-hybridized carbons (Fsp3) is 0.300. The third-order valence-corrected chi connectivity index (χ3v) is 4.14. The molecule has 0 radical (unpaired) electrons. The summed E-state index contributed by atoms with van der Waals surface area (Å²) in [6, 6.07) is 11.8. The lowest BCUT2D eigenvalue weighted by atomic mass is 10.0. The second kappa shape index (κ2) is 8.09. The van der Waals surface area contributed by atoms with Crippen LogP contribution < -0.4 is 19.9 Å². The monoisotopic (exact) mass is 371 g/mol. The van der Waals surface area contributed by atoms with Crippen molar-refractivity contribution in [1.29, 1.82) is 0 Å². The number of carbonyl (C=O) groups is 2. The van der Waals surface area contributed by atoms with Gasteiger partial charge in [0.05, 0.1) is 7.11 Å². The maximum absolute atomic E-state index is 11.5. The predicted octanol–water partition coefficient (Wildman–Crippen LogP) is 2.17. The van der Waals surface area contributed by atoms with Gasteiger partial charge in [-0.05, 0) is 41.8 Å². The number of ether oxygens (including phenoxy) is 4. The molecule has 0 fully saturated rings. The first kappa shape index (κ1) is 18.7. The molecule has 142 valence electrons. The molecule has 0 bridgehead atoms. The van der Waals surface area contributed by atoms with Crippen LogP contribution in [-0.2, 0) is 20.7 Å². The number of rotatable bonds is 5. The molecule has 2 aromatic rings. The topological polar surface area (TPSA) is 97.1 Å². The average Bonchev–Trinajstić information content (AvgIpc) is 2.67. The predicted molar refractivity (Wildman–Crippen MR) is 96.8 cm³/mol. The Hall–Kier alpha value is -3.06. The first-order chi connectivity index (χ1) is 13.0. The van der Waals surface area contributed by atoms with Crippen LogP contribution in [0.3, 0.4) is 0 Å². The van der Waals surface area contributed by atoms with E-state index in [2.05, 4.69) is 4.74 Å². The second-order valence-electron chi connectivity index (χ2n) is 6.20. The Morgan fingerprint density at radius 2 is 1.93 bits per heavy atom. The Bertz CT molecular complexity index is 833. The van der Waals surface area contributed by atoms with Gasteiger partial charge >= 0.3 is 11.9 Å². The third-order valence-electron chi connectivity index (χ3n) is 4.14. The first-order valence-corrected chi connectivity index (χ1v) is 8.50. The summed E-state index contributed by atoms with van der Waals surface area (Å²) in [6.07, 6.45) is 0.0803. The third kappa shape index (κ3) is 4.57. The van der Waals surface area contributed by atoms with Crippen molar-refractivity contribution in [3.63, 3.8) is 0 Å². The van der Waals surface area contributed by atoms with Gasteiger partial charge in [-0.15, -0.1) is 0 Å². The number of methoxy groups -OCH3 is 1. The summed E-state index contributed by atoms with van der Waals surface area (Å²) in [6.45, 7) is 1.70. The summed E-state index contributed by atoms with van der Waals surface area (Å²) in [5, 5.41) is 0. The Balaban J connectivity index is 1.68. The zero-order chi connectivity index (χ0) is 19.4. The van der Waals surface area contributed by atoms with Crippen molar-refractivity contribution in [2.24, 2.45) is 5.73 Å². The van der Waals surface area contributed by atoms with Crippen LogP contribution in [-0.4, -0.2) is 31.7 Å². The highest BCUT2D eigenvalue weighted by atomic mass is 16.6. The second-order valence-corrected chi connectivity index (χ2v) is 6.20. The Kier molecular flexibility index (Phi) is 5.61. The summed E-state index contributed by atoms with van der Waals surface area (Å²) in [5.74, 6) is 0.886. The van der Waals surface area contributed by atoms with Gasteiger partial charge in [-0.2, -0.15) is 0 Å². The van der Waals surface area contributed by atoms with Crippen molar-refractivity contribution >= 4 is 11.9 Å². The van der Waals surface area contributed by atoms with Crippen molar-refractivity contribution in [1.82, 2.24) is 0 Å². The normalized spacial score (nSPS) is 16.3. The Morgan fingerprint density at radius 3 is 2.59 bits per heavy atom. The van der Waals surface area contributed by atoms with Crippen molar-refractivity contribution in [3.8, 4) is 17.2 Å². The molecule has 27 heavy (non-hydrogen) atoms. The molecular formula is C20H21NO6. The van der Waals surface area contributed by atoms with E-state index in [0.717, 1.165) is 11.1 Å². The zero-order valence-electron chi connectivity index (χ0n) is 15.1. The van der Waals surface area contributed by atoms with E-state index >= 15 is 0 Å². The molecule has 2 aromatic carbocycles. The molecule has 1 aliphatic rings. The molecule has 3 rings (SSSR count). The van der Waals surface area contributed by atoms with E-state index in [0.29, 0.717) is 30.3 Å². The number of esters is 2. The number of nitrogens with two attached hydrogens (primary N) is 1. The van der Waals surface area contributed by atoms with E-state index in [9.17, 15) is 9.59 Å². The van der Waals surface area contributed by atoms with Crippen molar-refractivity contribution in [2.75, 3.05) is 13.7 Å². The van der Waals surface area contributed by atoms with Crippen LogP contribution in [0.1, 0.15) is 24.2 Å². The summed E-state index contributed by atoms with van der Waals surface area (Å²) in [4.78, 5) is 22.4. The smallest absolute Gasteiger partial charge is 0.322 e. The zero-order valence-corrected chi connectivity index (χ0v) is 15.1. The number of benzene rings is 2. The minimum absolute atomic E-state index is 0.271. The van der Waals surface area contributed by atoms with Gasteiger partial charge in [0.2, 0.25) is 0 Å². The standard InChI is InChI=1S/C20H21NO6/c1-12(22)26-15-6-4-14(5-7-15)19-11-25-18-10-13(3-8-17(18)27-19)9-16(21)20(23)24-2/h3-8,10,16,19H,9,11,21H2,1-2H3/t16-,19?/m0/s1. The molecule has 0 spiro atoms. The van der Waals surface area contributed by atoms with Gasteiger partial charge in [-0.1, -0.05) is 18.2 Å². The van der Waals surface area contributed by atoms with Crippen LogP contribution in [0.2, 0.25) is 0 Å². The minimum Gasteiger partial charge on any atom is -0.485 e. The molecule has 1 heterocycles. The number of fused-ring (bicyclic) bond motifs is 1. The molecule has 0 saturated carbocycles. The first-order valence-electron chi connectivity index (χ1n) is 8.50. The van der Waals surface area contributed by atoms with Gasteiger partial charge in [0, 0.05) is 6.92 Å². The lowest BCUT2D eigenvalue weighted by Crippen LogP contribution is -2.33. The lowest BCUT2D eigenvalue weighted by molar-refractivity contribution is -0.142. The number of hydrogen-bond acceptors (Lipinski definition) is 7. The molecule has 1 aliphatic heterocycles. The Labute approximate surface area is 157 Å². The lowest BCUT2D eigenvalue weighted by Gasteiger charge is -2.27. The van der Waals surface area contributed by atoms with Crippen molar-refractivity contribution < 1.29 is 28.5 Å². The quantitative estimate of drug-likeness (QED) is 0.635. The molecule has 7 nitrogen and oxygen atoms in total. The highest BCUT2D eigenvalue weighted by molar-refractivity contribution is 5.75. The van der Waals surface area contributed by atoms with Gasteiger partial charge < -0.3 is 24.7 Å². The van der Waals surface area contributed by atoms with Gasteiger partial charge in [-0.3, -0.25) is 9.59 Å². The Morgan fingerprint density at radius 1 is 1.19 bits per heavy atom. The molecule has 0 amide bonds. The fourth-order valence-corrected chi connectivity index (χ4v) is 2.81. The van der Waals surface area contributed by atoms with Crippen molar-refractivity contribution in [3.05, 3.63) is 53.6 Å². The maximum atomic E-state index is 11.5. The SMILES string of the molecule is COC(=O)[C@@H](N)Cc1ccc2c(c1)OCC(c1ccc(OC(C)=O)cc1)O2. The average molecular weight is 371 g/mol. The molecule has 7 heteroatoms. The number of carbonyl (C=O) groups excluding carboxylic acids is 2. The minimum atomic E-state index is -0.721. The van der Waals surface area contributed by atoms with E-state index in [1.54, 1.807) is 18.2 Å². The van der Waals surface area contributed by atoms with Gasteiger partial charge in [0.15, 0.2) is 17.6 Å². The molecule has 2 atom stereocenters. The highest BCUT2D eigenvalue weighted by Gasteiger charge is 2.24. The summed E-state index contributed by atoms with van der Waals surface area (Å²) < 4.78 is 21.5. The summed E-state index contributed by atoms with van der Waals surface area (Å²) >= 11 is 0. The molecule has 0 aromatic heterocycles. The van der Waals surface area contributed by atoms with E-state index in [4.69, 9.17) is 19.9 Å². The molecule has 1 unspecified atom stereocenters. The fourth-order valence-electron chi connectivity index (χ4n) is 2.81. The van der Waals surface area contributed by atoms with Crippen LogP contribution in [0.4, 0.5) is 0 Å².